The highest BCUT2D eigenvalue weighted by molar-refractivity contribution is 7.91. The Hall–Kier alpha value is -0.940. The van der Waals surface area contributed by atoms with Gasteiger partial charge in [0.25, 0.3) is 0 Å². The van der Waals surface area contributed by atoms with E-state index in [1.807, 2.05) is 0 Å². The molecule has 72 valence electrons. The first-order valence-electron chi connectivity index (χ1n) is 3.90. The van der Waals surface area contributed by atoms with Crippen molar-refractivity contribution >= 4 is 9.84 Å². The zero-order chi connectivity index (χ0) is 9.73. The normalized spacial score (nSPS) is 11.5. The van der Waals surface area contributed by atoms with Crippen molar-refractivity contribution in [3.63, 3.8) is 0 Å². The van der Waals surface area contributed by atoms with Crippen LogP contribution in [-0.4, -0.2) is 30.9 Å². The van der Waals surface area contributed by atoms with Crippen molar-refractivity contribution in [1.82, 2.24) is 4.98 Å². The van der Waals surface area contributed by atoms with Crippen molar-refractivity contribution in [3.05, 3.63) is 24.5 Å². The number of nitrogens with zero attached hydrogens (tertiary/aromatic N) is 1. The Kier molecular flexibility index (Phi) is 3.39. The van der Waals surface area contributed by atoms with Crippen molar-refractivity contribution in [2.75, 3.05) is 12.4 Å². The molecule has 1 rings (SSSR count). The molecule has 0 aromatic carbocycles. The average molecular weight is 201 g/mol. The molecule has 0 amide bonds. The number of aromatic nitrogens is 1. The minimum absolute atomic E-state index is 0.0325. The SMILES string of the molecule is O=S(=O)(CCCO)c1cccnc1. The fraction of sp³-hybridized carbons (Fsp3) is 0.375. The van der Waals surface area contributed by atoms with Crippen LogP contribution >= 0.6 is 0 Å². The Balaban J connectivity index is 2.83. The summed E-state index contributed by atoms with van der Waals surface area (Å²) in [6, 6.07) is 3.07. The van der Waals surface area contributed by atoms with Gasteiger partial charge in [-0.15, -0.1) is 0 Å². The van der Waals surface area contributed by atoms with Crippen LogP contribution in [0.3, 0.4) is 0 Å². The predicted octanol–water partition coefficient (Wildman–Crippen LogP) is 0.238. The lowest BCUT2D eigenvalue weighted by atomic mass is 10.5. The molecule has 0 atom stereocenters. The highest BCUT2D eigenvalue weighted by Crippen LogP contribution is 2.08. The van der Waals surface area contributed by atoms with Crippen LogP contribution in [0.15, 0.2) is 29.4 Å². The molecule has 4 nitrogen and oxygen atoms in total. The highest BCUT2D eigenvalue weighted by Gasteiger charge is 2.12. The Morgan fingerprint density at radius 2 is 2.23 bits per heavy atom. The lowest BCUT2D eigenvalue weighted by Crippen LogP contribution is -2.08. The molecule has 1 N–H and O–H groups in total. The summed E-state index contributed by atoms with van der Waals surface area (Å²) in [5.41, 5.74) is 0. The van der Waals surface area contributed by atoms with Crippen LogP contribution in [0.5, 0.6) is 0 Å². The van der Waals surface area contributed by atoms with E-state index in [0.717, 1.165) is 0 Å². The molecule has 0 aliphatic carbocycles. The third kappa shape index (κ3) is 2.78. The largest absolute Gasteiger partial charge is 0.396 e. The summed E-state index contributed by atoms with van der Waals surface area (Å²) >= 11 is 0. The summed E-state index contributed by atoms with van der Waals surface area (Å²) < 4.78 is 22.9. The number of hydrogen-bond acceptors (Lipinski definition) is 4. The first kappa shape index (κ1) is 10.1. The first-order chi connectivity index (χ1) is 6.17. The molecule has 0 bridgehead atoms. The van der Waals surface area contributed by atoms with Crippen LogP contribution in [0.4, 0.5) is 0 Å². The Bertz CT molecular complexity index is 347. The maximum atomic E-state index is 11.4. The third-order valence-corrected chi connectivity index (χ3v) is 3.35. The van der Waals surface area contributed by atoms with Crippen LogP contribution in [0, 0.1) is 0 Å². The molecule has 0 aliphatic heterocycles. The molecule has 1 aromatic rings. The number of aliphatic hydroxyl groups is 1. The van der Waals surface area contributed by atoms with Gasteiger partial charge in [0.1, 0.15) is 0 Å². The molecular formula is C8H11NO3S. The van der Waals surface area contributed by atoms with E-state index >= 15 is 0 Å². The van der Waals surface area contributed by atoms with Gasteiger partial charge in [-0.3, -0.25) is 4.98 Å². The molecule has 0 spiro atoms. The molecule has 13 heavy (non-hydrogen) atoms. The van der Waals surface area contributed by atoms with E-state index in [1.165, 1.54) is 18.5 Å². The second-order valence-electron chi connectivity index (χ2n) is 2.58. The van der Waals surface area contributed by atoms with Gasteiger partial charge >= 0.3 is 0 Å². The quantitative estimate of drug-likeness (QED) is 0.757. The van der Waals surface area contributed by atoms with Crippen LogP contribution < -0.4 is 0 Å². The van der Waals surface area contributed by atoms with Crippen molar-refractivity contribution in [2.24, 2.45) is 0 Å². The first-order valence-corrected chi connectivity index (χ1v) is 5.56. The van der Waals surface area contributed by atoms with E-state index in [9.17, 15) is 8.42 Å². The molecule has 5 heteroatoms. The number of hydrogen-bond donors (Lipinski definition) is 1. The monoisotopic (exact) mass is 201 g/mol. The van der Waals surface area contributed by atoms with E-state index < -0.39 is 9.84 Å². The maximum Gasteiger partial charge on any atom is 0.179 e. The summed E-state index contributed by atoms with van der Waals surface area (Å²) in [6.07, 6.45) is 3.09. The van der Waals surface area contributed by atoms with Gasteiger partial charge in [0.05, 0.1) is 10.6 Å². The Morgan fingerprint density at radius 3 is 2.77 bits per heavy atom. The molecule has 0 saturated heterocycles. The van der Waals surface area contributed by atoms with Gasteiger partial charge < -0.3 is 5.11 Å². The van der Waals surface area contributed by atoms with E-state index in [1.54, 1.807) is 6.07 Å². The third-order valence-electron chi connectivity index (χ3n) is 1.56. The second-order valence-corrected chi connectivity index (χ2v) is 4.69. The van der Waals surface area contributed by atoms with Gasteiger partial charge in [0, 0.05) is 19.0 Å². The summed E-state index contributed by atoms with van der Waals surface area (Å²) in [6.45, 7) is -0.112. The molecule has 0 fully saturated rings. The molecule has 0 radical (unpaired) electrons. The van der Waals surface area contributed by atoms with Crippen molar-refractivity contribution < 1.29 is 13.5 Å². The van der Waals surface area contributed by atoms with Gasteiger partial charge in [-0.25, -0.2) is 8.42 Å². The van der Waals surface area contributed by atoms with Gasteiger partial charge in [0.2, 0.25) is 0 Å². The topological polar surface area (TPSA) is 67.3 Å². The number of rotatable bonds is 4. The Labute approximate surface area is 77.2 Å². The van der Waals surface area contributed by atoms with Gasteiger partial charge in [-0.2, -0.15) is 0 Å². The lowest BCUT2D eigenvalue weighted by molar-refractivity contribution is 0.295. The van der Waals surface area contributed by atoms with E-state index in [4.69, 9.17) is 5.11 Å². The molecule has 1 aromatic heterocycles. The van der Waals surface area contributed by atoms with Gasteiger partial charge in [-0.05, 0) is 18.6 Å². The highest BCUT2D eigenvalue weighted by atomic mass is 32.2. The number of pyridine rings is 1. The average Bonchev–Trinajstić information content (AvgIpc) is 2.16. The zero-order valence-electron chi connectivity index (χ0n) is 7.05. The van der Waals surface area contributed by atoms with Crippen molar-refractivity contribution in [3.8, 4) is 0 Å². The Morgan fingerprint density at radius 1 is 1.46 bits per heavy atom. The molecular weight excluding hydrogens is 190 g/mol. The fourth-order valence-corrected chi connectivity index (χ4v) is 2.16. The van der Waals surface area contributed by atoms with Crippen LogP contribution in [-0.2, 0) is 9.84 Å². The van der Waals surface area contributed by atoms with Gasteiger partial charge in [0.15, 0.2) is 9.84 Å². The number of aliphatic hydroxyl groups excluding tert-OH is 1. The van der Waals surface area contributed by atoms with E-state index in [0.29, 0.717) is 0 Å². The van der Waals surface area contributed by atoms with Crippen LogP contribution in [0.25, 0.3) is 0 Å². The van der Waals surface area contributed by atoms with Crippen LogP contribution in [0.2, 0.25) is 0 Å². The summed E-state index contributed by atoms with van der Waals surface area (Å²) in [4.78, 5) is 3.93. The second kappa shape index (κ2) is 4.34. The fourth-order valence-electron chi connectivity index (χ4n) is 0.903. The molecule has 0 saturated carbocycles. The zero-order valence-corrected chi connectivity index (χ0v) is 7.87. The number of sulfone groups is 1. The van der Waals surface area contributed by atoms with Crippen molar-refractivity contribution in [2.45, 2.75) is 11.3 Å². The summed E-state index contributed by atoms with van der Waals surface area (Å²) in [5.74, 6) is -0.0325. The summed E-state index contributed by atoms with van der Waals surface area (Å²) in [5, 5.41) is 8.50. The smallest absolute Gasteiger partial charge is 0.179 e. The maximum absolute atomic E-state index is 11.4. The van der Waals surface area contributed by atoms with Crippen LogP contribution in [0.1, 0.15) is 6.42 Å². The lowest BCUT2D eigenvalue weighted by Gasteiger charge is -2.01. The van der Waals surface area contributed by atoms with Gasteiger partial charge in [-0.1, -0.05) is 0 Å². The molecule has 0 aliphatic rings. The van der Waals surface area contributed by atoms with Crippen molar-refractivity contribution in [1.29, 1.82) is 0 Å². The molecule has 0 unspecified atom stereocenters. The minimum Gasteiger partial charge on any atom is -0.396 e. The minimum atomic E-state index is -3.24. The predicted molar refractivity (Wildman–Crippen MR) is 48.0 cm³/mol. The standard InChI is InChI=1S/C8H11NO3S/c10-5-2-6-13(11,12)8-3-1-4-9-7-8/h1,3-4,7,10H,2,5-6H2. The van der Waals surface area contributed by atoms with E-state index in [-0.39, 0.29) is 23.7 Å². The van der Waals surface area contributed by atoms with E-state index in [2.05, 4.69) is 4.98 Å². The summed E-state index contributed by atoms with van der Waals surface area (Å²) in [7, 11) is -3.24. The molecule has 1 heterocycles.